The van der Waals surface area contributed by atoms with Gasteiger partial charge in [-0.15, -0.1) is 0 Å². The molecular weight excluding hydrogens is 546 g/mol. The SMILES string of the molecule is COc1cc(C2CN(C(=O)c3cc(COCC(O)CN4CCOCC4)ccn3)C2)ccc1OCc1ccc(C2CC2)cc1. The minimum Gasteiger partial charge on any atom is -0.493 e. The maximum absolute atomic E-state index is 13.1. The summed E-state index contributed by atoms with van der Waals surface area (Å²) in [5.74, 6) is 2.28. The Morgan fingerprint density at radius 1 is 0.953 bits per heavy atom. The number of carbonyl (C=O) groups is 1. The topological polar surface area (TPSA) is 93.6 Å². The van der Waals surface area contributed by atoms with Gasteiger partial charge in [-0.25, -0.2) is 0 Å². The van der Waals surface area contributed by atoms with Gasteiger partial charge in [0.05, 0.1) is 39.6 Å². The van der Waals surface area contributed by atoms with Gasteiger partial charge in [-0.3, -0.25) is 14.7 Å². The molecule has 6 rings (SSSR count). The second-order valence-electron chi connectivity index (χ2n) is 11.8. The van der Waals surface area contributed by atoms with E-state index in [2.05, 4.69) is 40.2 Å². The van der Waals surface area contributed by atoms with Crippen molar-refractivity contribution in [3.8, 4) is 11.5 Å². The Bertz CT molecular complexity index is 1370. The van der Waals surface area contributed by atoms with E-state index in [0.29, 0.717) is 63.3 Å². The number of aliphatic hydroxyl groups is 1. The molecular formula is C34H41N3O6. The molecule has 0 spiro atoms. The number of carbonyl (C=O) groups excluding carboxylic acids is 1. The van der Waals surface area contributed by atoms with Crippen molar-refractivity contribution in [3.05, 3.63) is 88.7 Å². The third-order valence-corrected chi connectivity index (χ3v) is 8.45. The molecule has 0 radical (unpaired) electrons. The smallest absolute Gasteiger partial charge is 0.272 e. The van der Waals surface area contributed by atoms with Gasteiger partial charge in [-0.2, -0.15) is 0 Å². The van der Waals surface area contributed by atoms with E-state index in [-0.39, 0.29) is 18.4 Å². The van der Waals surface area contributed by atoms with Crippen LogP contribution in [0.4, 0.5) is 0 Å². The van der Waals surface area contributed by atoms with Crippen molar-refractivity contribution in [3.63, 3.8) is 0 Å². The first-order valence-corrected chi connectivity index (χ1v) is 15.3. The van der Waals surface area contributed by atoms with Crippen LogP contribution < -0.4 is 9.47 Å². The van der Waals surface area contributed by atoms with Gasteiger partial charge in [0.15, 0.2) is 11.5 Å². The summed E-state index contributed by atoms with van der Waals surface area (Å²) in [6, 6.07) is 18.3. The van der Waals surface area contributed by atoms with Crippen LogP contribution >= 0.6 is 0 Å². The largest absolute Gasteiger partial charge is 0.493 e. The van der Waals surface area contributed by atoms with Crippen LogP contribution in [0.1, 0.15) is 57.4 Å². The molecule has 1 N–H and O–H groups in total. The maximum atomic E-state index is 13.1. The Morgan fingerprint density at radius 2 is 1.72 bits per heavy atom. The zero-order chi connectivity index (χ0) is 29.6. The lowest BCUT2D eigenvalue weighted by molar-refractivity contribution is -0.0175. The average Bonchev–Trinajstić information content (AvgIpc) is 3.86. The van der Waals surface area contributed by atoms with Crippen LogP contribution in [-0.4, -0.2) is 91.6 Å². The van der Waals surface area contributed by atoms with Crippen molar-refractivity contribution in [1.29, 1.82) is 0 Å². The minimum absolute atomic E-state index is 0.0925. The van der Waals surface area contributed by atoms with Crippen LogP contribution in [0.3, 0.4) is 0 Å². The molecule has 9 nitrogen and oxygen atoms in total. The first-order chi connectivity index (χ1) is 21.1. The quantitative estimate of drug-likeness (QED) is 0.321. The van der Waals surface area contributed by atoms with E-state index in [0.717, 1.165) is 35.7 Å². The summed E-state index contributed by atoms with van der Waals surface area (Å²) in [5, 5.41) is 10.3. The van der Waals surface area contributed by atoms with Gasteiger partial charge < -0.3 is 29.0 Å². The molecule has 3 heterocycles. The molecule has 1 unspecified atom stereocenters. The second kappa shape index (κ2) is 13.9. The van der Waals surface area contributed by atoms with Crippen LogP contribution in [0.5, 0.6) is 11.5 Å². The van der Waals surface area contributed by atoms with Crippen molar-refractivity contribution in [2.24, 2.45) is 0 Å². The Hall–Kier alpha value is -3.50. The summed E-state index contributed by atoms with van der Waals surface area (Å²) < 4.78 is 22.8. The van der Waals surface area contributed by atoms with Gasteiger partial charge >= 0.3 is 0 Å². The molecule has 3 aromatic rings. The molecule has 9 heteroatoms. The van der Waals surface area contributed by atoms with E-state index in [1.807, 2.05) is 23.1 Å². The lowest BCUT2D eigenvalue weighted by atomic mass is 9.91. The standard InChI is InChI=1S/C34H41N3O6/c1-40-33-17-28(8-9-32(33)43-22-24-2-4-26(5-3-24)27-6-7-27)29-18-37(19-29)34(39)31-16-25(10-11-35-31)21-42-23-30(38)20-36-12-14-41-15-13-36/h2-5,8-11,16-17,27,29-30,38H,6-7,12-15,18-23H2,1H3. The molecule has 3 fully saturated rings. The van der Waals surface area contributed by atoms with Gasteiger partial charge in [0.2, 0.25) is 0 Å². The van der Waals surface area contributed by atoms with E-state index in [1.54, 1.807) is 19.4 Å². The van der Waals surface area contributed by atoms with Crippen molar-refractivity contribution in [2.45, 2.75) is 44.0 Å². The highest BCUT2D eigenvalue weighted by molar-refractivity contribution is 5.93. The average molecular weight is 588 g/mol. The normalized spacial score (nSPS) is 18.2. The first kappa shape index (κ1) is 29.6. The van der Waals surface area contributed by atoms with Crippen LogP contribution in [0.25, 0.3) is 0 Å². The zero-order valence-electron chi connectivity index (χ0n) is 24.8. The zero-order valence-corrected chi connectivity index (χ0v) is 24.8. The number of methoxy groups -OCH3 is 1. The molecule has 1 aliphatic carbocycles. The van der Waals surface area contributed by atoms with E-state index in [4.69, 9.17) is 18.9 Å². The van der Waals surface area contributed by atoms with Crippen LogP contribution in [-0.2, 0) is 22.7 Å². The van der Waals surface area contributed by atoms with E-state index in [1.165, 1.54) is 18.4 Å². The number of aromatic nitrogens is 1. The predicted octanol–water partition coefficient (Wildman–Crippen LogP) is 4.00. The number of β-amino-alcohol motifs (C(OH)–C–C–N with tert-alkyl or cyclic N) is 1. The maximum Gasteiger partial charge on any atom is 0.272 e. The summed E-state index contributed by atoms with van der Waals surface area (Å²) in [4.78, 5) is 21.4. The Morgan fingerprint density at radius 3 is 2.47 bits per heavy atom. The molecule has 2 saturated heterocycles. The number of morpholine rings is 1. The van der Waals surface area contributed by atoms with E-state index < -0.39 is 6.10 Å². The Kier molecular flexibility index (Phi) is 9.53. The van der Waals surface area contributed by atoms with Gasteiger partial charge in [0, 0.05) is 44.8 Å². The van der Waals surface area contributed by atoms with Crippen molar-refractivity contribution < 1.29 is 28.8 Å². The Labute approximate surface area is 253 Å². The number of hydrogen-bond acceptors (Lipinski definition) is 8. The minimum atomic E-state index is -0.567. The van der Waals surface area contributed by atoms with Gasteiger partial charge in [0.1, 0.15) is 12.3 Å². The lowest BCUT2D eigenvalue weighted by Crippen LogP contribution is -2.48. The Balaban J connectivity index is 0.965. The molecule has 1 amide bonds. The number of aliphatic hydroxyl groups excluding tert-OH is 1. The number of benzene rings is 2. The third kappa shape index (κ3) is 7.72. The summed E-state index contributed by atoms with van der Waals surface area (Å²) in [6.07, 6.45) is 3.67. The van der Waals surface area contributed by atoms with E-state index in [9.17, 15) is 9.90 Å². The summed E-state index contributed by atoms with van der Waals surface area (Å²) in [6.45, 7) is 5.88. The third-order valence-electron chi connectivity index (χ3n) is 8.45. The van der Waals surface area contributed by atoms with Gasteiger partial charge in [-0.1, -0.05) is 30.3 Å². The van der Waals surface area contributed by atoms with E-state index >= 15 is 0 Å². The highest BCUT2D eigenvalue weighted by Gasteiger charge is 2.33. The fourth-order valence-electron chi connectivity index (χ4n) is 5.67. The molecule has 3 aliphatic rings. The number of hydrogen-bond donors (Lipinski definition) is 1. The van der Waals surface area contributed by atoms with Crippen molar-refractivity contribution in [2.75, 3.05) is 59.7 Å². The number of likely N-dealkylation sites (tertiary alicyclic amines) is 1. The monoisotopic (exact) mass is 587 g/mol. The number of nitrogens with zero attached hydrogens (tertiary/aromatic N) is 3. The van der Waals surface area contributed by atoms with Crippen molar-refractivity contribution >= 4 is 5.91 Å². The number of ether oxygens (including phenoxy) is 4. The summed E-state index contributed by atoms with van der Waals surface area (Å²) in [7, 11) is 1.65. The highest BCUT2D eigenvalue weighted by Crippen LogP contribution is 2.40. The number of amides is 1. The van der Waals surface area contributed by atoms with Crippen LogP contribution in [0.2, 0.25) is 0 Å². The van der Waals surface area contributed by atoms with Gasteiger partial charge in [-0.05, 0) is 65.3 Å². The number of pyridine rings is 1. The predicted molar refractivity (Wildman–Crippen MR) is 162 cm³/mol. The second-order valence-corrected chi connectivity index (χ2v) is 11.8. The molecule has 1 atom stereocenters. The van der Waals surface area contributed by atoms with Crippen molar-refractivity contribution in [1.82, 2.24) is 14.8 Å². The molecule has 228 valence electrons. The molecule has 1 aromatic heterocycles. The molecule has 2 aliphatic heterocycles. The fraction of sp³-hybridized carbons (Fsp3) is 0.471. The molecule has 2 aromatic carbocycles. The highest BCUT2D eigenvalue weighted by atomic mass is 16.5. The molecule has 43 heavy (non-hydrogen) atoms. The van der Waals surface area contributed by atoms with Crippen LogP contribution in [0, 0.1) is 0 Å². The van der Waals surface area contributed by atoms with Gasteiger partial charge in [0.25, 0.3) is 5.91 Å². The molecule has 1 saturated carbocycles. The summed E-state index contributed by atoms with van der Waals surface area (Å²) in [5.41, 5.74) is 4.93. The number of rotatable bonds is 13. The van der Waals surface area contributed by atoms with Crippen LogP contribution in [0.15, 0.2) is 60.8 Å². The first-order valence-electron chi connectivity index (χ1n) is 15.3. The summed E-state index contributed by atoms with van der Waals surface area (Å²) >= 11 is 0. The lowest BCUT2D eigenvalue weighted by Gasteiger charge is -2.39. The molecule has 0 bridgehead atoms. The fourth-order valence-corrected chi connectivity index (χ4v) is 5.67.